The van der Waals surface area contributed by atoms with Crippen molar-refractivity contribution in [2.45, 2.75) is 33.4 Å². The van der Waals surface area contributed by atoms with Crippen molar-refractivity contribution >= 4 is 21.6 Å². The number of hydrogen-bond donors (Lipinski definition) is 2. The number of anilines is 1. The molecule has 0 saturated heterocycles. The fourth-order valence-corrected chi connectivity index (χ4v) is 2.87. The predicted octanol–water partition coefficient (Wildman–Crippen LogP) is 3.17. The quantitative estimate of drug-likeness (QED) is 0.741. The SMILES string of the molecule is CCS(=O)(=O)Nc1ccc(C(=O)NCc2cccc(OC(C)C)c2)cc1. The molecule has 0 bridgehead atoms. The summed E-state index contributed by atoms with van der Waals surface area (Å²) in [7, 11) is -3.33. The minimum Gasteiger partial charge on any atom is -0.491 e. The Morgan fingerprint density at radius 2 is 1.81 bits per heavy atom. The van der Waals surface area contributed by atoms with Crippen LogP contribution >= 0.6 is 0 Å². The number of carbonyl (C=O) groups is 1. The van der Waals surface area contributed by atoms with Crippen LogP contribution in [0.4, 0.5) is 5.69 Å². The molecule has 2 N–H and O–H groups in total. The Morgan fingerprint density at radius 1 is 1.12 bits per heavy atom. The van der Waals surface area contributed by atoms with Crippen molar-refractivity contribution in [2.75, 3.05) is 10.5 Å². The zero-order chi connectivity index (χ0) is 19.2. The van der Waals surface area contributed by atoms with Gasteiger partial charge in [0.1, 0.15) is 5.75 Å². The zero-order valence-corrected chi connectivity index (χ0v) is 16.0. The largest absolute Gasteiger partial charge is 0.491 e. The summed E-state index contributed by atoms with van der Waals surface area (Å²) in [4.78, 5) is 12.3. The molecule has 26 heavy (non-hydrogen) atoms. The maximum atomic E-state index is 12.3. The molecule has 0 unspecified atom stereocenters. The van der Waals surface area contributed by atoms with Crippen LogP contribution in [-0.2, 0) is 16.6 Å². The molecule has 0 aliphatic heterocycles. The molecule has 7 heteroatoms. The fraction of sp³-hybridized carbons (Fsp3) is 0.316. The lowest BCUT2D eigenvalue weighted by Crippen LogP contribution is -2.23. The standard InChI is InChI=1S/C19H24N2O4S/c1-4-26(23,24)21-17-10-8-16(9-11-17)19(22)20-13-15-6-5-7-18(12-15)25-14(2)3/h5-12,14,21H,4,13H2,1-3H3,(H,20,22). The molecule has 2 aromatic rings. The molecule has 0 heterocycles. The van der Waals surface area contributed by atoms with Gasteiger partial charge in [0.05, 0.1) is 11.9 Å². The smallest absolute Gasteiger partial charge is 0.251 e. The third-order valence-electron chi connectivity index (χ3n) is 3.52. The Morgan fingerprint density at radius 3 is 2.42 bits per heavy atom. The molecule has 0 atom stereocenters. The van der Waals surface area contributed by atoms with Crippen molar-refractivity contribution in [3.63, 3.8) is 0 Å². The van der Waals surface area contributed by atoms with Gasteiger partial charge in [-0.3, -0.25) is 9.52 Å². The Labute approximate surface area is 154 Å². The van der Waals surface area contributed by atoms with Gasteiger partial charge in [0, 0.05) is 17.8 Å². The lowest BCUT2D eigenvalue weighted by Gasteiger charge is -2.11. The Hall–Kier alpha value is -2.54. The summed E-state index contributed by atoms with van der Waals surface area (Å²) in [6, 6.07) is 13.9. The summed E-state index contributed by atoms with van der Waals surface area (Å²) in [6.45, 7) is 5.85. The van der Waals surface area contributed by atoms with E-state index in [-0.39, 0.29) is 17.8 Å². The first-order valence-electron chi connectivity index (χ1n) is 8.43. The van der Waals surface area contributed by atoms with E-state index in [4.69, 9.17) is 4.74 Å². The summed E-state index contributed by atoms with van der Waals surface area (Å²) in [6.07, 6.45) is 0.0866. The van der Waals surface area contributed by atoms with Crippen LogP contribution in [0.3, 0.4) is 0 Å². The number of rotatable bonds is 8. The zero-order valence-electron chi connectivity index (χ0n) is 15.2. The summed E-state index contributed by atoms with van der Waals surface area (Å²) >= 11 is 0. The van der Waals surface area contributed by atoms with Crippen molar-refractivity contribution in [2.24, 2.45) is 0 Å². The van der Waals surface area contributed by atoms with Gasteiger partial charge < -0.3 is 10.1 Å². The predicted molar refractivity (Wildman–Crippen MR) is 103 cm³/mol. The highest BCUT2D eigenvalue weighted by atomic mass is 32.2. The van der Waals surface area contributed by atoms with Crippen LogP contribution in [0.1, 0.15) is 36.7 Å². The molecule has 1 amide bonds. The summed E-state index contributed by atoms with van der Waals surface area (Å²) < 4.78 is 31.2. The van der Waals surface area contributed by atoms with E-state index >= 15 is 0 Å². The Bertz CT molecular complexity index is 846. The van der Waals surface area contributed by atoms with Crippen molar-refractivity contribution in [3.05, 3.63) is 59.7 Å². The van der Waals surface area contributed by atoms with Gasteiger partial charge in [-0.1, -0.05) is 12.1 Å². The lowest BCUT2D eigenvalue weighted by atomic mass is 10.1. The third kappa shape index (κ3) is 6.07. The highest BCUT2D eigenvalue weighted by Crippen LogP contribution is 2.15. The van der Waals surface area contributed by atoms with Crippen LogP contribution < -0.4 is 14.8 Å². The summed E-state index contributed by atoms with van der Waals surface area (Å²) in [5.74, 6) is 0.527. The minimum absolute atomic E-state index is 0.00513. The molecule has 6 nitrogen and oxygen atoms in total. The van der Waals surface area contributed by atoms with E-state index in [0.717, 1.165) is 11.3 Å². The molecule has 2 aromatic carbocycles. The average molecular weight is 376 g/mol. The van der Waals surface area contributed by atoms with Crippen molar-refractivity contribution in [3.8, 4) is 5.75 Å². The first-order valence-corrected chi connectivity index (χ1v) is 10.1. The van der Waals surface area contributed by atoms with E-state index in [2.05, 4.69) is 10.0 Å². The monoisotopic (exact) mass is 376 g/mol. The van der Waals surface area contributed by atoms with Gasteiger partial charge in [-0.15, -0.1) is 0 Å². The number of nitrogens with one attached hydrogen (secondary N) is 2. The molecule has 0 aromatic heterocycles. The fourth-order valence-electron chi connectivity index (χ4n) is 2.23. The summed E-state index contributed by atoms with van der Waals surface area (Å²) in [5, 5.41) is 2.84. The first kappa shape index (κ1) is 19.8. The van der Waals surface area contributed by atoms with Gasteiger partial charge in [-0.05, 0) is 62.7 Å². The average Bonchev–Trinajstić information content (AvgIpc) is 2.60. The second kappa shape index (κ2) is 8.71. The molecule has 0 fully saturated rings. The Balaban J connectivity index is 1.96. The molecule has 0 aliphatic carbocycles. The van der Waals surface area contributed by atoms with Gasteiger partial charge in [-0.2, -0.15) is 0 Å². The number of amides is 1. The minimum atomic E-state index is -3.33. The second-order valence-electron chi connectivity index (χ2n) is 6.08. The normalized spacial score (nSPS) is 11.2. The molecule has 140 valence electrons. The topological polar surface area (TPSA) is 84.5 Å². The van der Waals surface area contributed by atoms with Gasteiger partial charge in [0.25, 0.3) is 5.91 Å². The van der Waals surface area contributed by atoms with Gasteiger partial charge in [0.15, 0.2) is 0 Å². The van der Waals surface area contributed by atoms with Crippen LogP contribution in [0, 0.1) is 0 Å². The molecular formula is C19H24N2O4S. The van der Waals surface area contributed by atoms with E-state index in [1.807, 2.05) is 38.1 Å². The maximum Gasteiger partial charge on any atom is 0.251 e. The molecule has 0 saturated carbocycles. The van der Waals surface area contributed by atoms with Gasteiger partial charge in [0.2, 0.25) is 10.0 Å². The van der Waals surface area contributed by atoms with Crippen LogP contribution in [0.15, 0.2) is 48.5 Å². The van der Waals surface area contributed by atoms with Crippen LogP contribution in [0.2, 0.25) is 0 Å². The van der Waals surface area contributed by atoms with E-state index in [0.29, 0.717) is 17.8 Å². The number of carbonyl (C=O) groups excluding carboxylic acids is 1. The van der Waals surface area contributed by atoms with Crippen molar-refractivity contribution in [1.82, 2.24) is 5.32 Å². The van der Waals surface area contributed by atoms with Crippen LogP contribution in [-0.4, -0.2) is 26.2 Å². The highest BCUT2D eigenvalue weighted by molar-refractivity contribution is 7.92. The molecule has 2 rings (SSSR count). The van der Waals surface area contributed by atoms with Gasteiger partial charge >= 0.3 is 0 Å². The number of sulfonamides is 1. The molecule has 0 spiro atoms. The molecule has 0 radical (unpaired) electrons. The molecular weight excluding hydrogens is 352 g/mol. The van der Waals surface area contributed by atoms with E-state index in [1.165, 1.54) is 0 Å². The number of benzene rings is 2. The van der Waals surface area contributed by atoms with E-state index in [1.54, 1.807) is 31.2 Å². The number of ether oxygens (including phenoxy) is 1. The van der Waals surface area contributed by atoms with E-state index in [9.17, 15) is 13.2 Å². The van der Waals surface area contributed by atoms with E-state index < -0.39 is 10.0 Å². The first-order chi connectivity index (χ1) is 12.3. The summed E-state index contributed by atoms with van der Waals surface area (Å²) in [5.41, 5.74) is 1.82. The number of hydrogen-bond acceptors (Lipinski definition) is 4. The van der Waals surface area contributed by atoms with Crippen molar-refractivity contribution < 1.29 is 17.9 Å². The van der Waals surface area contributed by atoms with Crippen LogP contribution in [0.5, 0.6) is 5.75 Å². The Kier molecular flexibility index (Phi) is 6.63. The molecule has 0 aliphatic rings. The van der Waals surface area contributed by atoms with Crippen LogP contribution in [0.25, 0.3) is 0 Å². The third-order valence-corrected chi connectivity index (χ3v) is 4.83. The van der Waals surface area contributed by atoms with Gasteiger partial charge in [-0.25, -0.2) is 8.42 Å². The second-order valence-corrected chi connectivity index (χ2v) is 8.09. The lowest BCUT2D eigenvalue weighted by molar-refractivity contribution is 0.0951. The maximum absolute atomic E-state index is 12.3. The highest BCUT2D eigenvalue weighted by Gasteiger charge is 2.09. The van der Waals surface area contributed by atoms with Crippen molar-refractivity contribution in [1.29, 1.82) is 0 Å².